The molecule has 0 aliphatic heterocycles. The van der Waals surface area contributed by atoms with Gasteiger partial charge in [-0.15, -0.1) is 0 Å². The van der Waals surface area contributed by atoms with Gasteiger partial charge in [-0.05, 0) is 31.2 Å². The van der Waals surface area contributed by atoms with Crippen molar-refractivity contribution in [3.8, 4) is 11.3 Å². The van der Waals surface area contributed by atoms with Crippen LogP contribution < -0.4 is 10.6 Å². The van der Waals surface area contributed by atoms with Crippen molar-refractivity contribution >= 4 is 40.7 Å². The van der Waals surface area contributed by atoms with Crippen molar-refractivity contribution in [2.45, 2.75) is 13.0 Å². The van der Waals surface area contributed by atoms with Gasteiger partial charge in [0.2, 0.25) is 5.95 Å². The Morgan fingerprint density at radius 1 is 1.15 bits per heavy atom. The highest BCUT2D eigenvalue weighted by Gasteiger charge is 2.11. The lowest BCUT2D eigenvalue weighted by Gasteiger charge is -2.15. The zero-order valence-corrected chi connectivity index (χ0v) is 15.5. The number of hydrogen-bond donors (Lipinski definition) is 3. The molecule has 0 aliphatic rings. The van der Waals surface area contributed by atoms with E-state index in [-0.39, 0.29) is 12.6 Å². The van der Waals surface area contributed by atoms with Gasteiger partial charge < -0.3 is 15.7 Å². The van der Waals surface area contributed by atoms with Crippen molar-refractivity contribution in [2.24, 2.45) is 0 Å². The third-order valence-electron chi connectivity index (χ3n) is 3.55. The second-order valence-corrected chi connectivity index (χ2v) is 6.44. The number of aromatic nitrogens is 3. The van der Waals surface area contributed by atoms with E-state index < -0.39 is 0 Å². The molecule has 3 aromatic rings. The van der Waals surface area contributed by atoms with Crippen LogP contribution in [0.1, 0.15) is 6.92 Å². The van der Waals surface area contributed by atoms with Crippen LogP contribution in [0.25, 0.3) is 11.3 Å². The van der Waals surface area contributed by atoms with E-state index in [2.05, 4.69) is 25.6 Å². The van der Waals surface area contributed by atoms with Crippen molar-refractivity contribution in [1.29, 1.82) is 0 Å². The van der Waals surface area contributed by atoms with Crippen molar-refractivity contribution in [2.75, 3.05) is 17.2 Å². The quantitative estimate of drug-likeness (QED) is 0.579. The van der Waals surface area contributed by atoms with Crippen molar-refractivity contribution in [1.82, 2.24) is 15.0 Å². The molecule has 26 heavy (non-hydrogen) atoms. The largest absolute Gasteiger partial charge is 0.394 e. The molecule has 0 aliphatic carbocycles. The first-order valence-electron chi connectivity index (χ1n) is 7.94. The number of pyridine rings is 1. The first-order valence-corrected chi connectivity index (χ1v) is 8.70. The summed E-state index contributed by atoms with van der Waals surface area (Å²) in [5.74, 6) is 0.921. The summed E-state index contributed by atoms with van der Waals surface area (Å²) in [5.41, 5.74) is 2.16. The van der Waals surface area contributed by atoms with E-state index in [4.69, 9.17) is 23.2 Å². The van der Waals surface area contributed by atoms with E-state index in [0.717, 1.165) is 5.56 Å². The van der Waals surface area contributed by atoms with Crippen LogP contribution in [0, 0.1) is 0 Å². The van der Waals surface area contributed by atoms with E-state index in [1.807, 2.05) is 25.1 Å². The molecular weight excluding hydrogens is 373 g/mol. The standard InChI is InChI=1S/C18H17Cl2N5O/c1-11(10-26)22-18-24-15(12-4-3-7-21-9-12)8-16(25-18)23-14-6-2-5-13(19)17(14)20/h2-9,11,26H,10H2,1H3,(H2,22,23,24,25)/t11-/m1/s1. The maximum absolute atomic E-state index is 9.28. The highest BCUT2D eigenvalue weighted by molar-refractivity contribution is 6.43. The maximum Gasteiger partial charge on any atom is 0.225 e. The molecule has 0 amide bonds. The average molecular weight is 390 g/mol. The van der Waals surface area contributed by atoms with Crippen molar-refractivity contribution in [3.63, 3.8) is 0 Å². The average Bonchev–Trinajstić information content (AvgIpc) is 2.66. The number of nitrogens with one attached hydrogen (secondary N) is 2. The SMILES string of the molecule is C[C@H](CO)Nc1nc(Nc2cccc(Cl)c2Cl)cc(-c2cccnc2)n1. The van der Waals surface area contributed by atoms with Gasteiger partial charge in [0.1, 0.15) is 5.82 Å². The molecule has 1 aromatic carbocycles. The summed E-state index contributed by atoms with van der Waals surface area (Å²) in [5, 5.41) is 16.4. The molecule has 0 saturated heterocycles. The predicted molar refractivity (Wildman–Crippen MR) is 105 cm³/mol. The summed E-state index contributed by atoms with van der Waals surface area (Å²) in [6.45, 7) is 1.80. The summed E-state index contributed by atoms with van der Waals surface area (Å²) < 4.78 is 0. The van der Waals surface area contributed by atoms with Gasteiger partial charge in [-0.25, -0.2) is 4.98 Å². The Morgan fingerprint density at radius 3 is 2.73 bits per heavy atom. The number of nitrogens with zero attached hydrogens (tertiary/aromatic N) is 3. The molecule has 0 bridgehead atoms. The first-order chi connectivity index (χ1) is 12.6. The van der Waals surface area contributed by atoms with Crippen LogP contribution in [0.3, 0.4) is 0 Å². The van der Waals surface area contributed by atoms with Crippen LogP contribution in [0.4, 0.5) is 17.5 Å². The Morgan fingerprint density at radius 2 is 2.00 bits per heavy atom. The summed E-state index contributed by atoms with van der Waals surface area (Å²) in [6.07, 6.45) is 3.42. The maximum atomic E-state index is 9.28. The lowest BCUT2D eigenvalue weighted by Crippen LogP contribution is -2.21. The number of hydrogen-bond acceptors (Lipinski definition) is 6. The molecule has 3 rings (SSSR count). The molecule has 1 atom stereocenters. The summed E-state index contributed by atoms with van der Waals surface area (Å²) >= 11 is 12.3. The molecule has 0 unspecified atom stereocenters. The van der Waals surface area contributed by atoms with Crippen molar-refractivity contribution in [3.05, 3.63) is 58.8 Å². The monoisotopic (exact) mass is 389 g/mol. The third-order valence-corrected chi connectivity index (χ3v) is 4.37. The van der Waals surface area contributed by atoms with Gasteiger partial charge in [-0.2, -0.15) is 4.98 Å². The predicted octanol–water partition coefficient (Wildman–Crippen LogP) is 4.38. The van der Waals surface area contributed by atoms with Gasteiger partial charge in [0.05, 0.1) is 28.0 Å². The number of benzene rings is 1. The molecular formula is C18H17Cl2N5O. The topological polar surface area (TPSA) is 83.0 Å². The molecule has 3 N–H and O–H groups in total. The van der Waals surface area contributed by atoms with Gasteiger partial charge >= 0.3 is 0 Å². The first kappa shape index (κ1) is 18.4. The molecule has 2 aromatic heterocycles. The third kappa shape index (κ3) is 4.40. The zero-order chi connectivity index (χ0) is 18.5. The number of rotatable bonds is 6. The van der Waals surface area contributed by atoms with Crippen molar-refractivity contribution < 1.29 is 5.11 Å². The lowest BCUT2D eigenvalue weighted by molar-refractivity contribution is 0.281. The van der Waals surface area contributed by atoms with Crippen LogP contribution >= 0.6 is 23.2 Å². The number of aliphatic hydroxyl groups excluding tert-OH is 1. The molecule has 8 heteroatoms. The lowest BCUT2D eigenvalue weighted by atomic mass is 10.2. The van der Waals surface area contributed by atoms with Gasteiger partial charge in [0.15, 0.2) is 0 Å². The Labute approximate surface area is 161 Å². The minimum absolute atomic E-state index is 0.0383. The zero-order valence-electron chi connectivity index (χ0n) is 13.9. The minimum Gasteiger partial charge on any atom is -0.394 e. The van der Waals surface area contributed by atoms with Gasteiger partial charge in [-0.1, -0.05) is 29.3 Å². The molecule has 0 saturated carbocycles. The van der Waals surface area contributed by atoms with Gasteiger partial charge in [0, 0.05) is 30.1 Å². The van der Waals surface area contributed by atoms with Crippen LogP contribution in [-0.2, 0) is 0 Å². The number of aliphatic hydroxyl groups is 1. The second-order valence-electron chi connectivity index (χ2n) is 5.66. The van der Waals surface area contributed by atoms with Crippen LogP contribution in [-0.4, -0.2) is 32.7 Å². The fourth-order valence-electron chi connectivity index (χ4n) is 2.24. The molecule has 0 spiro atoms. The van der Waals surface area contributed by atoms with E-state index in [1.165, 1.54) is 0 Å². The Balaban J connectivity index is 2.00. The van der Waals surface area contributed by atoms with E-state index in [1.54, 1.807) is 30.6 Å². The normalized spacial score (nSPS) is 11.8. The smallest absolute Gasteiger partial charge is 0.225 e. The fraction of sp³-hybridized carbons (Fsp3) is 0.167. The second kappa shape index (κ2) is 8.31. The molecule has 6 nitrogen and oxygen atoms in total. The number of halogens is 2. The Kier molecular flexibility index (Phi) is 5.88. The molecule has 134 valence electrons. The Bertz CT molecular complexity index is 892. The van der Waals surface area contributed by atoms with E-state index in [0.29, 0.717) is 33.2 Å². The summed E-state index contributed by atoms with van der Waals surface area (Å²) in [4.78, 5) is 13.1. The van der Waals surface area contributed by atoms with Crippen LogP contribution in [0.2, 0.25) is 10.0 Å². The highest BCUT2D eigenvalue weighted by Crippen LogP contribution is 2.32. The van der Waals surface area contributed by atoms with Gasteiger partial charge in [-0.3, -0.25) is 4.98 Å². The minimum atomic E-state index is -0.193. The number of anilines is 3. The molecule has 2 heterocycles. The fourth-order valence-corrected chi connectivity index (χ4v) is 2.59. The molecule has 0 fully saturated rings. The Hall–Kier alpha value is -2.41. The summed E-state index contributed by atoms with van der Waals surface area (Å²) in [7, 11) is 0. The highest BCUT2D eigenvalue weighted by atomic mass is 35.5. The van der Waals surface area contributed by atoms with Crippen LogP contribution in [0.15, 0.2) is 48.8 Å². The van der Waals surface area contributed by atoms with E-state index in [9.17, 15) is 5.11 Å². The molecule has 0 radical (unpaired) electrons. The van der Waals surface area contributed by atoms with Gasteiger partial charge in [0.25, 0.3) is 0 Å². The van der Waals surface area contributed by atoms with Crippen LogP contribution in [0.5, 0.6) is 0 Å². The van der Waals surface area contributed by atoms with E-state index >= 15 is 0 Å². The summed E-state index contributed by atoms with van der Waals surface area (Å²) in [6, 6.07) is 10.7.